The van der Waals surface area contributed by atoms with Crippen molar-refractivity contribution in [3.8, 4) is 0 Å². The monoisotopic (exact) mass is 231 g/mol. The summed E-state index contributed by atoms with van der Waals surface area (Å²) in [6.45, 7) is 2.38. The second-order valence-corrected chi connectivity index (χ2v) is 5.37. The lowest BCUT2D eigenvalue weighted by Crippen LogP contribution is -2.19. The van der Waals surface area contributed by atoms with Crippen molar-refractivity contribution in [2.45, 2.75) is 25.2 Å². The van der Waals surface area contributed by atoms with Gasteiger partial charge in [0, 0.05) is 6.61 Å². The van der Waals surface area contributed by atoms with Crippen LogP contribution in [0.15, 0.2) is 24.3 Å². The molecule has 1 aromatic rings. The van der Waals surface area contributed by atoms with E-state index in [0.29, 0.717) is 6.61 Å². The molecule has 17 heavy (non-hydrogen) atoms. The Kier molecular flexibility index (Phi) is 3.17. The van der Waals surface area contributed by atoms with Crippen LogP contribution in [0.1, 0.15) is 29.9 Å². The predicted molar refractivity (Wildman–Crippen MR) is 69.1 cm³/mol. The van der Waals surface area contributed by atoms with Gasteiger partial charge in [-0.3, -0.25) is 0 Å². The first-order valence-corrected chi connectivity index (χ1v) is 6.81. The van der Waals surface area contributed by atoms with Crippen LogP contribution in [0.25, 0.3) is 0 Å². The first kappa shape index (κ1) is 11.2. The topological polar surface area (TPSA) is 32.3 Å². The number of aryl methyl sites for hydroxylation is 1. The van der Waals surface area contributed by atoms with E-state index >= 15 is 0 Å². The van der Waals surface area contributed by atoms with Crippen molar-refractivity contribution in [2.75, 3.05) is 19.7 Å². The molecule has 2 heteroatoms. The van der Waals surface area contributed by atoms with Gasteiger partial charge in [-0.1, -0.05) is 24.3 Å². The average Bonchev–Trinajstić information content (AvgIpc) is 3.09. The van der Waals surface area contributed by atoms with Crippen LogP contribution in [0.2, 0.25) is 0 Å². The summed E-state index contributed by atoms with van der Waals surface area (Å²) in [7, 11) is 0. The van der Waals surface area contributed by atoms with Crippen LogP contribution in [0.4, 0.5) is 0 Å². The zero-order chi connectivity index (χ0) is 11.7. The summed E-state index contributed by atoms with van der Waals surface area (Å²) >= 11 is 0. The average molecular weight is 231 g/mol. The van der Waals surface area contributed by atoms with Gasteiger partial charge in [0.2, 0.25) is 0 Å². The standard InChI is InChI=1S/C15H21NO/c17-9-3-8-16-10-14-13-7-6-11-4-1-2-5-12(11)15(13)14/h1-2,4-5,13-17H,3,6-10H2. The largest absolute Gasteiger partial charge is 0.396 e. The van der Waals surface area contributed by atoms with E-state index in [1.807, 2.05) is 0 Å². The molecule has 3 atom stereocenters. The van der Waals surface area contributed by atoms with Crippen LogP contribution in [-0.4, -0.2) is 24.8 Å². The molecule has 0 radical (unpaired) electrons. The van der Waals surface area contributed by atoms with Gasteiger partial charge in [0.25, 0.3) is 0 Å². The molecule has 0 bridgehead atoms. The first-order chi connectivity index (χ1) is 8.42. The van der Waals surface area contributed by atoms with Crippen LogP contribution in [-0.2, 0) is 6.42 Å². The summed E-state index contributed by atoms with van der Waals surface area (Å²) in [6, 6.07) is 8.95. The summed E-state index contributed by atoms with van der Waals surface area (Å²) < 4.78 is 0. The summed E-state index contributed by atoms with van der Waals surface area (Å²) in [5.74, 6) is 2.59. The number of aliphatic hydroxyl groups is 1. The number of aliphatic hydroxyl groups excluding tert-OH is 1. The minimum atomic E-state index is 0.299. The summed E-state index contributed by atoms with van der Waals surface area (Å²) in [5.41, 5.74) is 3.18. The van der Waals surface area contributed by atoms with E-state index in [4.69, 9.17) is 5.11 Å². The first-order valence-electron chi connectivity index (χ1n) is 6.81. The molecular formula is C15H21NO. The molecule has 2 aliphatic rings. The van der Waals surface area contributed by atoms with Gasteiger partial charge in [-0.05, 0) is 61.2 Å². The third kappa shape index (κ3) is 2.12. The molecule has 0 heterocycles. The maximum Gasteiger partial charge on any atom is 0.0443 e. The van der Waals surface area contributed by atoms with Crippen LogP contribution >= 0.6 is 0 Å². The third-order valence-corrected chi connectivity index (χ3v) is 4.38. The Balaban J connectivity index is 1.59. The Labute approximate surface area is 103 Å². The van der Waals surface area contributed by atoms with Gasteiger partial charge < -0.3 is 10.4 Å². The van der Waals surface area contributed by atoms with Gasteiger partial charge in [-0.25, -0.2) is 0 Å². The molecule has 2 N–H and O–H groups in total. The molecule has 3 rings (SSSR count). The van der Waals surface area contributed by atoms with Crippen LogP contribution in [0.3, 0.4) is 0 Å². The molecule has 0 aromatic heterocycles. The van der Waals surface area contributed by atoms with Crippen molar-refractivity contribution in [1.29, 1.82) is 0 Å². The van der Waals surface area contributed by atoms with Crippen LogP contribution < -0.4 is 5.32 Å². The van der Waals surface area contributed by atoms with Gasteiger partial charge in [-0.2, -0.15) is 0 Å². The fourth-order valence-corrected chi connectivity index (χ4v) is 3.46. The van der Waals surface area contributed by atoms with Crippen molar-refractivity contribution < 1.29 is 5.11 Å². The lowest BCUT2D eigenvalue weighted by molar-refractivity contribution is 0.285. The Morgan fingerprint density at radius 3 is 3.06 bits per heavy atom. The normalized spacial score (nSPS) is 29.6. The van der Waals surface area contributed by atoms with Gasteiger partial charge >= 0.3 is 0 Å². The van der Waals surface area contributed by atoms with E-state index in [9.17, 15) is 0 Å². The Morgan fingerprint density at radius 1 is 1.29 bits per heavy atom. The number of benzene rings is 1. The van der Waals surface area contributed by atoms with Gasteiger partial charge in [0.1, 0.15) is 0 Å². The van der Waals surface area contributed by atoms with E-state index in [0.717, 1.165) is 37.3 Å². The zero-order valence-corrected chi connectivity index (χ0v) is 10.2. The maximum absolute atomic E-state index is 8.74. The van der Waals surface area contributed by atoms with Crippen molar-refractivity contribution >= 4 is 0 Å². The number of rotatable bonds is 5. The predicted octanol–water partition coefficient (Wildman–Crippen LogP) is 1.93. The molecule has 0 amide bonds. The number of hydrogen-bond acceptors (Lipinski definition) is 2. The highest BCUT2D eigenvalue weighted by Gasteiger charge is 2.52. The molecule has 2 aliphatic carbocycles. The Bertz CT molecular complexity index is 390. The SMILES string of the molecule is OCCCNCC1C2CCc3ccccc3C21. The molecule has 0 spiro atoms. The third-order valence-electron chi connectivity index (χ3n) is 4.38. The highest BCUT2D eigenvalue weighted by Crippen LogP contribution is 2.59. The molecule has 92 valence electrons. The van der Waals surface area contributed by atoms with Gasteiger partial charge in [-0.15, -0.1) is 0 Å². The minimum Gasteiger partial charge on any atom is -0.396 e. The molecular weight excluding hydrogens is 210 g/mol. The number of fused-ring (bicyclic) bond motifs is 3. The van der Waals surface area contributed by atoms with E-state index in [2.05, 4.69) is 29.6 Å². The van der Waals surface area contributed by atoms with Crippen molar-refractivity contribution in [1.82, 2.24) is 5.32 Å². The van der Waals surface area contributed by atoms with Gasteiger partial charge in [0.05, 0.1) is 0 Å². The Morgan fingerprint density at radius 2 is 2.18 bits per heavy atom. The highest BCUT2D eigenvalue weighted by atomic mass is 16.3. The quantitative estimate of drug-likeness (QED) is 0.759. The fourth-order valence-electron chi connectivity index (χ4n) is 3.46. The molecule has 1 aromatic carbocycles. The highest BCUT2D eigenvalue weighted by molar-refractivity contribution is 5.39. The van der Waals surface area contributed by atoms with Crippen molar-refractivity contribution in [2.24, 2.45) is 11.8 Å². The second-order valence-electron chi connectivity index (χ2n) is 5.37. The molecule has 0 saturated heterocycles. The van der Waals surface area contributed by atoms with Crippen LogP contribution in [0, 0.1) is 11.8 Å². The Hall–Kier alpha value is -0.860. The summed E-state index contributed by atoms with van der Waals surface area (Å²) in [6.07, 6.45) is 3.51. The number of nitrogens with one attached hydrogen (secondary N) is 1. The smallest absolute Gasteiger partial charge is 0.0443 e. The summed E-state index contributed by atoms with van der Waals surface area (Å²) in [4.78, 5) is 0. The van der Waals surface area contributed by atoms with E-state index < -0.39 is 0 Å². The van der Waals surface area contributed by atoms with Crippen molar-refractivity contribution in [3.05, 3.63) is 35.4 Å². The van der Waals surface area contributed by atoms with E-state index in [1.165, 1.54) is 12.8 Å². The lowest BCUT2D eigenvalue weighted by atomic mass is 9.92. The molecule has 3 unspecified atom stereocenters. The molecule has 2 nitrogen and oxygen atoms in total. The van der Waals surface area contributed by atoms with E-state index in [1.54, 1.807) is 11.1 Å². The molecule has 0 aliphatic heterocycles. The van der Waals surface area contributed by atoms with E-state index in [-0.39, 0.29) is 0 Å². The maximum atomic E-state index is 8.74. The van der Waals surface area contributed by atoms with Crippen LogP contribution in [0.5, 0.6) is 0 Å². The van der Waals surface area contributed by atoms with Crippen molar-refractivity contribution in [3.63, 3.8) is 0 Å². The number of hydrogen-bond donors (Lipinski definition) is 2. The zero-order valence-electron chi connectivity index (χ0n) is 10.2. The lowest BCUT2D eigenvalue weighted by Gasteiger charge is -2.13. The summed E-state index contributed by atoms with van der Waals surface area (Å²) in [5, 5.41) is 12.2. The fraction of sp³-hybridized carbons (Fsp3) is 0.600. The second kappa shape index (κ2) is 4.79. The molecule has 1 fully saturated rings. The minimum absolute atomic E-state index is 0.299. The van der Waals surface area contributed by atoms with Gasteiger partial charge in [0.15, 0.2) is 0 Å². The molecule has 1 saturated carbocycles.